The Morgan fingerprint density at radius 3 is 2.67 bits per heavy atom. The fraction of sp³-hybridized carbons (Fsp3) is 0.368. The van der Waals surface area contributed by atoms with E-state index in [4.69, 9.17) is 0 Å². The van der Waals surface area contributed by atoms with Gasteiger partial charge in [0.25, 0.3) is 0 Å². The van der Waals surface area contributed by atoms with Crippen molar-refractivity contribution in [2.75, 3.05) is 7.05 Å². The smallest absolute Gasteiger partial charge is 0.0323 e. The van der Waals surface area contributed by atoms with Crippen molar-refractivity contribution < 1.29 is 0 Å². The summed E-state index contributed by atoms with van der Waals surface area (Å²) in [6.45, 7) is 0. The summed E-state index contributed by atoms with van der Waals surface area (Å²) in [7, 11) is 2.08. The first-order chi connectivity index (χ1) is 10.3. The molecule has 2 aromatic rings. The number of fused-ring (bicyclic) bond motifs is 1. The number of hydrogen-bond acceptors (Lipinski definition) is 1. The van der Waals surface area contributed by atoms with Gasteiger partial charge in [-0.3, -0.25) is 0 Å². The van der Waals surface area contributed by atoms with E-state index in [1.54, 1.807) is 11.1 Å². The van der Waals surface area contributed by atoms with E-state index in [-0.39, 0.29) is 0 Å². The maximum absolute atomic E-state index is 3.51. The molecule has 1 aliphatic carbocycles. The van der Waals surface area contributed by atoms with Crippen LogP contribution in [-0.2, 0) is 6.42 Å². The number of nitrogens with one attached hydrogen (secondary N) is 1. The molecule has 0 saturated heterocycles. The van der Waals surface area contributed by atoms with E-state index in [1.165, 1.54) is 34.8 Å². The molecule has 110 valence electrons. The van der Waals surface area contributed by atoms with Gasteiger partial charge in [0, 0.05) is 9.61 Å². The SMILES string of the molecule is CNC(CC1CCCc2ccccc21)c1ccc(I)cc1. The lowest BCUT2D eigenvalue weighted by Crippen LogP contribution is -2.21. The van der Waals surface area contributed by atoms with Crippen molar-refractivity contribution >= 4 is 22.6 Å². The van der Waals surface area contributed by atoms with Gasteiger partial charge in [0.05, 0.1) is 0 Å². The average molecular weight is 391 g/mol. The number of hydrogen-bond donors (Lipinski definition) is 1. The Bertz CT molecular complexity index is 591. The van der Waals surface area contributed by atoms with Crippen LogP contribution in [0.1, 0.15) is 47.9 Å². The van der Waals surface area contributed by atoms with Crippen LogP contribution in [0.25, 0.3) is 0 Å². The predicted molar refractivity (Wildman–Crippen MR) is 97.7 cm³/mol. The molecule has 0 heterocycles. The molecule has 0 spiro atoms. The summed E-state index contributed by atoms with van der Waals surface area (Å²) in [5.41, 5.74) is 4.54. The second-order valence-electron chi connectivity index (χ2n) is 5.92. The van der Waals surface area contributed by atoms with Gasteiger partial charge in [-0.05, 0) is 90.1 Å². The van der Waals surface area contributed by atoms with Crippen LogP contribution in [0.2, 0.25) is 0 Å². The fourth-order valence-electron chi connectivity index (χ4n) is 3.50. The van der Waals surface area contributed by atoms with Crippen LogP contribution in [0.3, 0.4) is 0 Å². The largest absolute Gasteiger partial charge is 0.313 e. The Morgan fingerprint density at radius 2 is 1.90 bits per heavy atom. The molecule has 1 nitrogen and oxygen atoms in total. The second-order valence-corrected chi connectivity index (χ2v) is 7.16. The third-order valence-corrected chi connectivity index (χ3v) is 5.35. The van der Waals surface area contributed by atoms with Crippen LogP contribution in [0.5, 0.6) is 0 Å². The summed E-state index contributed by atoms with van der Waals surface area (Å²) >= 11 is 2.37. The van der Waals surface area contributed by atoms with Crippen LogP contribution in [0.15, 0.2) is 48.5 Å². The molecule has 2 unspecified atom stereocenters. The van der Waals surface area contributed by atoms with Crippen molar-refractivity contribution in [2.24, 2.45) is 0 Å². The lowest BCUT2D eigenvalue weighted by atomic mass is 9.79. The van der Waals surface area contributed by atoms with Crippen molar-refractivity contribution in [2.45, 2.75) is 37.6 Å². The third kappa shape index (κ3) is 3.49. The highest BCUT2D eigenvalue weighted by atomic mass is 127. The van der Waals surface area contributed by atoms with E-state index < -0.39 is 0 Å². The van der Waals surface area contributed by atoms with Crippen LogP contribution in [-0.4, -0.2) is 7.05 Å². The highest BCUT2D eigenvalue weighted by Gasteiger charge is 2.23. The number of halogens is 1. The zero-order chi connectivity index (χ0) is 14.7. The molecule has 0 amide bonds. The lowest BCUT2D eigenvalue weighted by molar-refractivity contribution is 0.440. The first kappa shape index (κ1) is 15.0. The van der Waals surface area contributed by atoms with Gasteiger partial charge in [-0.2, -0.15) is 0 Å². The molecule has 0 bridgehead atoms. The molecule has 3 rings (SSSR count). The molecule has 0 saturated carbocycles. The van der Waals surface area contributed by atoms with Crippen molar-refractivity contribution in [3.05, 3.63) is 68.8 Å². The first-order valence-corrected chi connectivity index (χ1v) is 8.86. The molecule has 2 heteroatoms. The molecule has 1 N–H and O–H groups in total. The summed E-state index contributed by atoms with van der Waals surface area (Å²) in [6, 6.07) is 18.4. The molecule has 0 aliphatic heterocycles. The Kier molecular flexibility index (Phi) is 4.96. The molecule has 0 aromatic heterocycles. The summed E-state index contributed by atoms with van der Waals surface area (Å²) in [5, 5.41) is 3.51. The number of aryl methyl sites for hydroxylation is 1. The van der Waals surface area contributed by atoms with Gasteiger partial charge in [-0.25, -0.2) is 0 Å². The Labute approximate surface area is 141 Å². The van der Waals surface area contributed by atoms with Crippen molar-refractivity contribution in [1.29, 1.82) is 0 Å². The minimum atomic E-state index is 0.443. The molecule has 21 heavy (non-hydrogen) atoms. The van der Waals surface area contributed by atoms with E-state index >= 15 is 0 Å². The third-order valence-electron chi connectivity index (χ3n) is 4.63. The maximum Gasteiger partial charge on any atom is 0.0323 e. The van der Waals surface area contributed by atoms with Gasteiger partial charge < -0.3 is 5.32 Å². The fourth-order valence-corrected chi connectivity index (χ4v) is 3.86. The number of rotatable bonds is 4. The topological polar surface area (TPSA) is 12.0 Å². The quantitative estimate of drug-likeness (QED) is 0.719. The van der Waals surface area contributed by atoms with Crippen LogP contribution >= 0.6 is 22.6 Å². The highest BCUT2D eigenvalue weighted by molar-refractivity contribution is 14.1. The van der Waals surface area contributed by atoms with Crippen molar-refractivity contribution in [3.63, 3.8) is 0 Å². The molecule has 0 radical (unpaired) electrons. The van der Waals surface area contributed by atoms with Crippen LogP contribution in [0.4, 0.5) is 0 Å². The first-order valence-electron chi connectivity index (χ1n) is 7.78. The predicted octanol–water partition coefficient (Wildman–Crippen LogP) is 5.06. The molecule has 2 aromatic carbocycles. The molecular weight excluding hydrogens is 369 g/mol. The number of benzene rings is 2. The van der Waals surface area contributed by atoms with Gasteiger partial charge in [0.1, 0.15) is 0 Å². The summed E-state index contributed by atoms with van der Waals surface area (Å²) < 4.78 is 1.30. The molecule has 1 aliphatic rings. The minimum Gasteiger partial charge on any atom is -0.313 e. The second kappa shape index (κ2) is 6.93. The van der Waals surface area contributed by atoms with Crippen LogP contribution < -0.4 is 5.32 Å². The van der Waals surface area contributed by atoms with Crippen LogP contribution in [0, 0.1) is 3.57 Å². The molecule has 2 atom stereocenters. The minimum absolute atomic E-state index is 0.443. The maximum atomic E-state index is 3.51. The standard InChI is InChI=1S/C19H22IN/c1-21-19(15-9-11-17(20)12-10-15)13-16-7-4-6-14-5-2-3-8-18(14)16/h2-3,5,8-12,16,19,21H,4,6-7,13H2,1H3. The Hall–Kier alpha value is -0.870. The zero-order valence-corrected chi connectivity index (χ0v) is 14.6. The van der Waals surface area contributed by atoms with E-state index in [0.717, 1.165) is 0 Å². The summed E-state index contributed by atoms with van der Waals surface area (Å²) in [6.07, 6.45) is 5.08. The summed E-state index contributed by atoms with van der Waals surface area (Å²) in [4.78, 5) is 0. The van der Waals surface area contributed by atoms with E-state index in [9.17, 15) is 0 Å². The van der Waals surface area contributed by atoms with Crippen molar-refractivity contribution in [1.82, 2.24) is 5.32 Å². The van der Waals surface area contributed by atoms with Gasteiger partial charge in [0.2, 0.25) is 0 Å². The Balaban J connectivity index is 1.80. The monoisotopic (exact) mass is 391 g/mol. The highest BCUT2D eigenvalue weighted by Crippen LogP contribution is 2.37. The van der Waals surface area contributed by atoms with E-state index in [2.05, 4.69) is 83.5 Å². The van der Waals surface area contributed by atoms with Gasteiger partial charge >= 0.3 is 0 Å². The lowest BCUT2D eigenvalue weighted by Gasteiger charge is -2.29. The normalized spacial score (nSPS) is 19.0. The van der Waals surface area contributed by atoms with E-state index in [1.807, 2.05) is 0 Å². The Morgan fingerprint density at radius 1 is 1.14 bits per heavy atom. The van der Waals surface area contributed by atoms with Gasteiger partial charge in [0.15, 0.2) is 0 Å². The van der Waals surface area contributed by atoms with E-state index in [0.29, 0.717) is 12.0 Å². The molecule has 0 fully saturated rings. The zero-order valence-electron chi connectivity index (χ0n) is 12.5. The molecular formula is C19H22IN. The van der Waals surface area contributed by atoms with Gasteiger partial charge in [-0.15, -0.1) is 0 Å². The van der Waals surface area contributed by atoms with Crippen molar-refractivity contribution in [3.8, 4) is 0 Å². The van der Waals surface area contributed by atoms with Gasteiger partial charge in [-0.1, -0.05) is 36.4 Å². The average Bonchev–Trinajstić information content (AvgIpc) is 2.54. The summed E-state index contributed by atoms with van der Waals surface area (Å²) in [5.74, 6) is 0.687.